The lowest BCUT2D eigenvalue weighted by Gasteiger charge is -2.37. The minimum Gasteiger partial charge on any atom is -0.481 e. The maximum atomic E-state index is 11.7. The SMILES string of the molecule is CN1C(=O)CCC(C(=O)O)C1c1ccccc1Cl. The van der Waals surface area contributed by atoms with Gasteiger partial charge in [-0.1, -0.05) is 29.8 Å². The largest absolute Gasteiger partial charge is 0.481 e. The van der Waals surface area contributed by atoms with E-state index in [-0.39, 0.29) is 12.3 Å². The molecule has 1 aromatic rings. The van der Waals surface area contributed by atoms with E-state index >= 15 is 0 Å². The van der Waals surface area contributed by atoms with Crippen LogP contribution < -0.4 is 0 Å². The van der Waals surface area contributed by atoms with Gasteiger partial charge in [-0.25, -0.2) is 0 Å². The van der Waals surface area contributed by atoms with Crippen molar-refractivity contribution in [3.8, 4) is 0 Å². The topological polar surface area (TPSA) is 57.6 Å². The molecule has 0 radical (unpaired) electrons. The van der Waals surface area contributed by atoms with Gasteiger partial charge in [-0.3, -0.25) is 9.59 Å². The predicted molar refractivity (Wildman–Crippen MR) is 67.3 cm³/mol. The predicted octanol–water partition coefficient (Wildman–Crippen LogP) is 2.33. The van der Waals surface area contributed by atoms with Crippen molar-refractivity contribution in [1.82, 2.24) is 4.90 Å². The van der Waals surface area contributed by atoms with Gasteiger partial charge in [0.25, 0.3) is 0 Å². The highest BCUT2D eigenvalue weighted by Gasteiger charge is 2.39. The van der Waals surface area contributed by atoms with Crippen LogP contribution in [-0.2, 0) is 9.59 Å². The van der Waals surface area contributed by atoms with E-state index in [1.54, 1.807) is 31.3 Å². The molecular formula is C13H14ClNO3. The number of carbonyl (C=O) groups is 2. The molecule has 5 heteroatoms. The Morgan fingerprint density at radius 2 is 2.11 bits per heavy atom. The van der Waals surface area contributed by atoms with Gasteiger partial charge in [-0.15, -0.1) is 0 Å². The third-order valence-corrected chi connectivity index (χ3v) is 3.75. The maximum Gasteiger partial charge on any atom is 0.308 e. The quantitative estimate of drug-likeness (QED) is 0.895. The lowest BCUT2D eigenvalue weighted by molar-refractivity contribution is -0.150. The molecule has 1 amide bonds. The summed E-state index contributed by atoms with van der Waals surface area (Å²) in [5.41, 5.74) is 0.696. The molecule has 2 atom stereocenters. The van der Waals surface area contributed by atoms with Gasteiger partial charge >= 0.3 is 5.97 Å². The van der Waals surface area contributed by atoms with Crippen molar-refractivity contribution in [1.29, 1.82) is 0 Å². The molecule has 4 nitrogen and oxygen atoms in total. The second kappa shape index (κ2) is 4.98. The molecule has 0 bridgehead atoms. The second-order valence-corrected chi connectivity index (χ2v) is 4.86. The normalized spacial score (nSPS) is 24.1. The molecule has 1 aliphatic heterocycles. The summed E-state index contributed by atoms with van der Waals surface area (Å²) in [6, 6.07) is 6.58. The van der Waals surface area contributed by atoms with E-state index in [0.717, 1.165) is 0 Å². The molecule has 18 heavy (non-hydrogen) atoms. The van der Waals surface area contributed by atoms with Crippen LogP contribution in [0.25, 0.3) is 0 Å². The molecule has 0 saturated carbocycles. The number of hydrogen-bond donors (Lipinski definition) is 1. The Morgan fingerprint density at radius 3 is 2.72 bits per heavy atom. The monoisotopic (exact) mass is 267 g/mol. The fourth-order valence-corrected chi connectivity index (χ4v) is 2.68. The molecule has 1 heterocycles. The molecule has 1 aromatic carbocycles. The number of hydrogen-bond acceptors (Lipinski definition) is 2. The second-order valence-electron chi connectivity index (χ2n) is 4.45. The first kappa shape index (κ1) is 12.9. The molecule has 0 spiro atoms. The number of benzene rings is 1. The Balaban J connectivity index is 2.44. The number of carboxylic acid groups (broad SMARTS) is 1. The van der Waals surface area contributed by atoms with Crippen molar-refractivity contribution in [3.63, 3.8) is 0 Å². The van der Waals surface area contributed by atoms with Crippen LogP contribution in [-0.4, -0.2) is 28.9 Å². The zero-order valence-electron chi connectivity index (χ0n) is 9.97. The van der Waals surface area contributed by atoms with Gasteiger partial charge in [0.2, 0.25) is 5.91 Å². The van der Waals surface area contributed by atoms with Gasteiger partial charge in [-0.2, -0.15) is 0 Å². The minimum absolute atomic E-state index is 0.0441. The Hall–Kier alpha value is -1.55. The van der Waals surface area contributed by atoms with Crippen molar-refractivity contribution in [2.75, 3.05) is 7.05 Å². The highest BCUT2D eigenvalue weighted by atomic mass is 35.5. The third-order valence-electron chi connectivity index (χ3n) is 3.40. The Morgan fingerprint density at radius 1 is 1.44 bits per heavy atom. The number of carboxylic acids is 1. The standard InChI is InChI=1S/C13H14ClNO3/c1-15-11(16)7-6-9(13(17)18)12(15)8-4-2-3-5-10(8)14/h2-5,9,12H,6-7H2,1H3,(H,17,18). The third kappa shape index (κ3) is 2.20. The van der Waals surface area contributed by atoms with E-state index in [0.29, 0.717) is 17.0 Å². The van der Waals surface area contributed by atoms with Crippen LogP contribution >= 0.6 is 11.6 Å². The number of piperidine rings is 1. The van der Waals surface area contributed by atoms with Crippen LogP contribution in [0.4, 0.5) is 0 Å². The highest BCUT2D eigenvalue weighted by molar-refractivity contribution is 6.31. The van der Waals surface area contributed by atoms with Gasteiger partial charge in [0, 0.05) is 18.5 Å². The highest BCUT2D eigenvalue weighted by Crippen LogP contribution is 2.38. The fourth-order valence-electron chi connectivity index (χ4n) is 2.44. The number of amides is 1. The van der Waals surface area contributed by atoms with Crippen molar-refractivity contribution in [2.45, 2.75) is 18.9 Å². The zero-order valence-corrected chi connectivity index (χ0v) is 10.7. The number of rotatable bonds is 2. The number of carbonyl (C=O) groups excluding carboxylic acids is 1. The summed E-state index contributed by atoms with van der Waals surface area (Å²) in [4.78, 5) is 24.6. The lowest BCUT2D eigenvalue weighted by atomic mass is 9.84. The van der Waals surface area contributed by atoms with Gasteiger partial charge < -0.3 is 10.0 Å². The summed E-state index contributed by atoms with van der Waals surface area (Å²) in [6.45, 7) is 0. The first-order valence-electron chi connectivity index (χ1n) is 5.75. The van der Waals surface area contributed by atoms with Gasteiger partial charge in [-0.05, 0) is 18.1 Å². The Bertz CT molecular complexity index is 489. The molecule has 1 saturated heterocycles. The number of likely N-dealkylation sites (tertiary alicyclic amines) is 1. The summed E-state index contributed by atoms with van der Waals surface area (Å²) < 4.78 is 0. The number of nitrogens with zero attached hydrogens (tertiary/aromatic N) is 1. The Labute approximate surface area is 110 Å². The average molecular weight is 268 g/mol. The smallest absolute Gasteiger partial charge is 0.308 e. The molecular weight excluding hydrogens is 254 g/mol. The van der Waals surface area contributed by atoms with E-state index in [2.05, 4.69) is 0 Å². The van der Waals surface area contributed by atoms with Crippen LogP contribution in [0.1, 0.15) is 24.4 Å². The van der Waals surface area contributed by atoms with Crippen molar-refractivity contribution < 1.29 is 14.7 Å². The summed E-state index contributed by atoms with van der Waals surface area (Å²) in [6.07, 6.45) is 0.628. The van der Waals surface area contributed by atoms with E-state index in [1.165, 1.54) is 4.90 Å². The molecule has 1 N–H and O–H groups in total. The van der Waals surface area contributed by atoms with Crippen molar-refractivity contribution in [2.24, 2.45) is 5.92 Å². The van der Waals surface area contributed by atoms with Crippen LogP contribution in [0.15, 0.2) is 24.3 Å². The summed E-state index contributed by atoms with van der Waals surface area (Å²) >= 11 is 6.11. The summed E-state index contributed by atoms with van der Waals surface area (Å²) in [7, 11) is 1.63. The molecule has 96 valence electrons. The van der Waals surface area contributed by atoms with Gasteiger partial charge in [0.15, 0.2) is 0 Å². The van der Waals surface area contributed by atoms with Gasteiger partial charge in [0.1, 0.15) is 0 Å². The van der Waals surface area contributed by atoms with E-state index in [1.807, 2.05) is 0 Å². The molecule has 2 unspecified atom stereocenters. The first-order valence-corrected chi connectivity index (χ1v) is 6.13. The number of aliphatic carboxylic acids is 1. The zero-order chi connectivity index (χ0) is 13.3. The van der Waals surface area contributed by atoms with E-state index in [9.17, 15) is 14.7 Å². The van der Waals surface area contributed by atoms with Crippen molar-refractivity contribution in [3.05, 3.63) is 34.9 Å². The van der Waals surface area contributed by atoms with Gasteiger partial charge in [0.05, 0.1) is 12.0 Å². The fraction of sp³-hybridized carbons (Fsp3) is 0.385. The maximum absolute atomic E-state index is 11.7. The minimum atomic E-state index is -0.890. The van der Waals surface area contributed by atoms with Crippen LogP contribution in [0.5, 0.6) is 0 Å². The van der Waals surface area contributed by atoms with E-state index < -0.39 is 17.9 Å². The molecule has 1 aliphatic rings. The van der Waals surface area contributed by atoms with Crippen molar-refractivity contribution >= 4 is 23.5 Å². The molecule has 2 rings (SSSR count). The lowest BCUT2D eigenvalue weighted by Crippen LogP contribution is -2.43. The average Bonchev–Trinajstić information content (AvgIpc) is 2.33. The van der Waals surface area contributed by atoms with E-state index in [4.69, 9.17) is 11.6 Å². The Kier molecular flexibility index (Phi) is 3.57. The molecule has 0 aliphatic carbocycles. The molecule has 0 aromatic heterocycles. The summed E-state index contributed by atoms with van der Waals surface area (Å²) in [5.74, 6) is -1.54. The molecule has 1 fully saturated rings. The summed E-state index contributed by atoms with van der Waals surface area (Å²) in [5, 5.41) is 9.78. The number of halogens is 1. The first-order chi connectivity index (χ1) is 8.52. The van der Waals surface area contributed by atoms with Crippen LogP contribution in [0, 0.1) is 5.92 Å². The van der Waals surface area contributed by atoms with Crippen LogP contribution in [0.3, 0.4) is 0 Å². The van der Waals surface area contributed by atoms with Crippen LogP contribution in [0.2, 0.25) is 5.02 Å².